The number of hydrogen-bond acceptors (Lipinski definition) is 5. The van der Waals surface area contributed by atoms with Crippen molar-refractivity contribution in [2.45, 2.75) is 32.1 Å². The van der Waals surface area contributed by atoms with Crippen LogP contribution in [0.3, 0.4) is 0 Å². The van der Waals surface area contributed by atoms with E-state index in [4.69, 9.17) is 21.1 Å². The molecule has 1 atom stereocenters. The Balaban J connectivity index is 2.05. The molecule has 0 spiro atoms. The summed E-state index contributed by atoms with van der Waals surface area (Å²) in [5.74, 6) is 0.572. The Kier molecular flexibility index (Phi) is 5.11. The number of halogens is 1. The Morgan fingerprint density at radius 2 is 2.12 bits per heavy atom. The van der Waals surface area contributed by atoms with Gasteiger partial charge in [-0.1, -0.05) is 22.1 Å². The number of nitrogens with zero attached hydrogens (tertiary/aromatic N) is 3. The monoisotopic (exact) mass is 381 g/mol. The summed E-state index contributed by atoms with van der Waals surface area (Å²) in [5.41, 5.74) is 3.00. The molecule has 2 heterocycles. The minimum atomic E-state index is -1.36. The molecule has 1 aromatic heterocycles. The molecule has 0 aliphatic carbocycles. The van der Waals surface area contributed by atoms with Gasteiger partial charge in [-0.25, -0.2) is 4.68 Å². The highest BCUT2D eigenvalue weighted by atomic mass is 35.5. The van der Waals surface area contributed by atoms with Crippen LogP contribution in [0.2, 0.25) is 5.02 Å². The molecule has 6 nitrogen and oxygen atoms in total. The van der Waals surface area contributed by atoms with Crippen LogP contribution >= 0.6 is 11.6 Å². The van der Waals surface area contributed by atoms with Crippen LogP contribution in [0.5, 0.6) is 5.75 Å². The van der Waals surface area contributed by atoms with Gasteiger partial charge in [0.05, 0.1) is 37.9 Å². The lowest BCUT2D eigenvalue weighted by atomic mass is 10.1. The number of ether oxygens (including phenoxy) is 2. The fourth-order valence-electron chi connectivity index (χ4n) is 2.42. The second-order valence-corrected chi connectivity index (χ2v) is 8.89. The van der Waals surface area contributed by atoms with E-state index in [-0.39, 0.29) is 0 Å². The van der Waals surface area contributed by atoms with Crippen molar-refractivity contribution >= 4 is 28.7 Å². The van der Waals surface area contributed by atoms with Crippen molar-refractivity contribution in [3.63, 3.8) is 0 Å². The third-order valence-electron chi connectivity index (χ3n) is 3.77. The molecule has 0 unspecified atom stereocenters. The summed E-state index contributed by atoms with van der Waals surface area (Å²) in [5, 5.41) is 4.91. The van der Waals surface area contributed by atoms with Gasteiger partial charge in [-0.2, -0.15) is 5.10 Å². The first-order chi connectivity index (χ1) is 11.8. The third kappa shape index (κ3) is 3.55. The molecule has 3 rings (SSSR count). The highest BCUT2D eigenvalue weighted by Crippen LogP contribution is 2.32. The van der Waals surface area contributed by atoms with E-state index in [1.54, 1.807) is 24.1 Å². The normalized spacial score (nSPS) is 17.4. The van der Waals surface area contributed by atoms with Gasteiger partial charge in [0.25, 0.3) is 0 Å². The van der Waals surface area contributed by atoms with Gasteiger partial charge in [0.15, 0.2) is 0 Å². The van der Waals surface area contributed by atoms with E-state index in [0.717, 1.165) is 11.3 Å². The van der Waals surface area contributed by atoms with Gasteiger partial charge in [-0.3, -0.25) is 0 Å². The van der Waals surface area contributed by atoms with Crippen LogP contribution in [0.1, 0.15) is 32.0 Å². The second-order valence-electron chi connectivity index (χ2n) is 6.60. The van der Waals surface area contributed by atoms with E-state index in [1.165, 1.54) is 0 Å². The minimum absolute atomic E-state index is 0.312. The van der Waals surface area contributed by atoms with E-state index in [1.807, 2.05) is 32.9 Å². The molecule has 1 aromatic carbocycles. The lowest BCUT2D eigenvalue weighted by Gasteiger charge is -2.21. The number of benzene rings is 1. The Morgan fingerprint density at radius 3 is 2.80 bits per heavy atom. The van der Waals surface area contributed by atoms with E-state index >= 15 is 0 Å². The molecule has 134 valence electrons. The van der Waals surface area contributed by atoms with Crippen LogP contribution < -0.4 is 4.74 Å². The van der Waals surface area contributed by atoms with Crippen molar-refractivity contribution in [1.29, 1.82) is 0 Å². The molecule has 0 radical (unpaired) electrons. The molecule has 25 heavy (non-hydrogen) atoms. The van der Waals surface area contributed by atoms with Gasteiger partial charge < -0.3 is 14.0 Å². The second kappa shape index (κ2) is 6.99. The number of methoxy groups -OCH3 is 1. The van der Waals surface area contributed by atoms with Gasteiger partial charge in [0.1, 0.15) is 32.6 Å². The molecule has 1 aliphatic heterocycles. The Hall–Kier alpha value is -1.54. The fourth-order valence-corrected chi connectivity index (χ4v) is 3.32. The van der Waals surface area contributed by atoms with Crippen LogP contribution in [-0.4, -0.2) is 38.5 Å². The van der Waals surface area contributed by atoms with Crippen LogP contribution in [0.4, 0.5) is 0 Å². The lowest BCUT2D eigenvalue weighted by molar-refractivity contribution is 0.147. The topological polar surface area (TPSA) is 71.7 Å². The van der Waals surface area contributed by atoms with Crippen LogP contribution in [0.25, 0.3) is 5.69 Å². The summed E-state index contributed by atoms with van der Waals surface area (Å²) in [6.45, 7) is 6.35. The van der Waals surface area contributed by atoms with Gasteiger partial charge in [0.2, 0.25) is 0 Å². The molecule has 0 saturated carbocycles. The summed E-state index contributed by atoms with van der Waals surface area (Å²) in [4.78, 5) is 0. The van der Waals surface area contributed by atoms with E-state index in [9.17, 15) is 4.55 Å². The zero-order chi connectivity index (χ0) is 18.2. The molecule has 0 saturated heterocycles. The van der Waals surface area contributed by atoms with Crippen LogP contribution in [0.15, 0.2) is 28.8 Å². The predicted octanol–water partition coefficient (Wildman–Crippen LogP) is 3.32. The highest BCUT2D eigenvalue weighted by molar-refractivity contribution is 7.91. The van der Waals surface area contributed by atoms with Gasteiger partial charge in [0, 0.05) is 5.56 Å². The highest BCUT2D eigenvalue weighted by Gasteiger charge is 2.30. The maximum absolute atomic E-state index is 12.4. The fraction of sp³-hybridized carbons (Fsp3) is 0.412. The molecule has 0 bridgehead atoms. The van der Waals surface area contributed by atoms with Crippen LogP contribution in [0, 0.1) is 0 Å². The molecular weight excluding hydrogens is 362 g/mol. The Labute approximate surface area is 155 Å². The first-order valence-corrected chi connectivity index (χ1v) is 9.29. The Morgan fingerprint density at radius 1 is 1.36 bits per heavy atom. The standard InChI is InChI=1S/C17H20ClN3O3S/c1-17(2,3)25(22)20-12-9-24-10-14-11(12)8-19-21(14)13-6-5-7-15(23-4)16(13)18/h5-8H,9-10H2,1-4H3/b20-12-/t25-/m0/s1. The number of hydrogen-bond donors (Lipinski definition) is 0. The smallest absolute Gasteiger partial charge is 0.144 e. The van der Waals surface area contributed by atoms with Crippen molar-refractivity contribution < 1.29 is 14.0 Å². The van der Waals surface area contributed by atoms with Crippen molar-refractivity contribution in [2.24, 2.45) is 4.40 Å². The quantitative estimate of drug-likeness (QED) is 0.764. The van der Waals surface area contributed by atoms with Crippen LogP contribution in [-0.2, 0) is 22.7 Å². The minimum Gasteiger partial charge on any atom is -0.591 e. The maximum atomic E-state index is 12.4. The van der Waals surface area contributed by atoms with Crippen molar-refractivity contribution in [3.05, 3.63) is 40.7 Å². The average molecular weight is 382 g/mol. The summed E-state index contributed by atoms with van der Waals surface area (Å²) >= 11 is 5.06. The zero-order valence-corrected chi connectivity index (χ0v) is 16.1. The summed E-state index contributed by atoms with van der Waals surface area (Å²) < 4.78 is 28.9. The summed E-state index contributed by atoms with van der Waals surface area (Å²) in [6, 6.07) is 5.50. The molecule has 0 fully saturated rings. The van der Waals surface area contributed by atoms with E-state index < -0.39 is 16.1 Å². The molecule has 2 aromatic rings. The molecular formula is C17H20ClN3O3S. The Bertz CT molecular complexity index is 814. The molecule has 8 heteroatoms. The first-order valence-electron chi connectivity index (χ1n) is 7.80. The maximum Gasteiger partial charge on any atom is 0.144 e. The number of fused-ring (bicyclic) bond motifs is 1. The van der Waals surface area contributed by atoms with Gasteiger partial charge in [-0.15, -0.1) is 0 Å². The number of rotatable bonds is 3. The van der Waals surface area contributed by atoms with E-state index in [2.05, 4.69) is 9.50 Å². The van der Waals surface area contributed by atoms with Crippen molar-refractivity contribution in [1.82, 2.24) is 9.78 Å². The predicted molar refractivity (Wildman–Crippen MR) is 99.2 cm³/mol. The average Bonchev–Trinajstić information content (AvgIpc) is 2.99. The molecule has 0 amide bonds. The lowest BCUT2D eigenvalue weighted by Crippen LogP contribution is -2.29. The SMILES string of the molecule is COc1cccc(-n2ncc3c2COC/C3=N/[S@@+]([O-])C(C)(C)C)c1Cl. The van der Waals surface area contributed by atoms with Crippen molar-refractivity contribution in [3.8, 4) is 11.4 Å². The first kappa shape index (κ1) is 18.3. The number of aromatic nitrogens is 2. The van der Waals surface area contributed by atoms with Gasteiger partial charge in [-0.05, 0) is 32.9 Å². The van der Waals surface area contributed by atoms with E-state index in [0.29, 0.717) is 35.4 Å². The third-order valence-corrected chi connectivity index (χ3v) is 5.58. The summed E-state index contributed by atoms with van der Waals surface area (Å²) in [6.07, 6.45) is 1.71. The molecule has 1 aliphatic rings. The summed E-state index contributed by atoms with van der Waals surface area (Å²) in [7, 11) is 1.57. The van der Waals surface area contributed by atoms with Crippen molar-refractivity contribution in [2.75, 3.05) is 13.7 Å². The largest absolute Gasteiger partial charge is 0.591 e. The molecule has 0 N–H and O–H groups in total. The van der Waals surface area contributed by atoms with Gasteiger partial charge >= 0.3 is 0 Å². The zero-order valence-electron chi connectivity index (χ0n) is 14.6.